The Bertz CT molecular complexity index is 477. The lowest BCUT2D eigenvalue weighted by molar-refractivity contribution is 0.0899. The van der Waals surface area contributed by atoms with Crippen molar-refractivity contribution in [1.82, 2.24) is 5.32 Å². The molecule has 0 aliphatic heterocycles. The van der Waals surface area contributed by atoms with Gasteiger partial charge in [-0.1, -0.05) is 13.8 Å². The first-order valence-corrected chi connectivity index (χ1v) is 7.52. The standard InChI is InChI=1S/C15H19BrFNO/c1-9-3-6-14(10(2)7-9)18-15(19)11-4-5-13(17)12(16)8-11/h4-5,8-10,14H,3,6-7H2,1-2H3,(H,18,19). The van der Waals surface area contributed by atoms with Crippen LogP contribution in [0.2, 0.25) is 0 Å². The topological polar surface area (TPSA) is 29.1 Å². The van der Waals surface area contributed by atoms with Crippen LogP contribution < -0.4 is 5.32 Å². The van der Waals surface area contributed by atoms with Crippen LogP contribution in [0.5, 0.6) is 0 Å². The summed E-state index contributed by atoms with van der Waals surface area (Å²) in [4.78, 5) is 12.1. The Labute approximate surface area is 121 Å². The molecule has 1 aliphatic rings. The molecule has 0 aromatic heterocycles. The minimum Gasteiger partial charge on any atom is -0.349 e. The van der Waals surface area contributed by atoms with Gasteiger partial charge in [0.25, 0.3) is 5.91 Å². The van der Waals surface area contributed by atoms with Crippen molar-refractivity contribution in [2.75, 3.05) is 0 Å². The number of halogens is 2. The fourth-order valence-corrected chi connectivity index (χ4v) is 3.15. The summed E-state index contributed by atoms with van der Waals surface area (Å²) in [5.41, 5.74) is 0.499. The monoisotopic (exact) mass is 327 g/mol. The van der Waals surface area contributed by atoms with E-state index in [1.807, 2.05) is 0 Å². The molecule has 2 nitrogen and oxygen atoms in total. The van der Waals surface area contributed by atoms with Gasteiger partial charge in [-0.05, 0) is 65.2 Å². The Kier molecular flexibility index (Phi) is 4.61. The normalized spacial score (nSPS) is 27.1. The summed E-state index contributed by atoms with van der Waals surface area (Å²) >= 11 is 3.10. The predicted molar refractivity (Wildman–Crippen MR) is 77.5 cm³/mol. The second-order valence-electron chi connectivity index (χ2n) is 5.60. The molecule has 4 heteroatoms. The van der Waals surface area contributed by atoms with Crippen molar-refractivity contribution in [2.45, 2.75) is 39.2 Å². The molecule has 1 aliphatic carbocycles. The Morgan fingerprint density at radius 2 is 2.11 bits per heavy atom. The van der Waals surface area contributed by atoms with E-state index in [0.717, 1.165) is 25.2 Å². The molecular formula is C15H19BrFNO. The molecule has 0 saturated heterocycles. The summed E-state index contributed by atoms with van der Waals surface area (Å²) in [6.07, 6.45) is 3.33. The molecule has 0 spiro atoms. The molecule has 1 amide bonds. The molecule has 0 radical (unpaired) electrons. The molecular weight excluding hydrogens is 309 g/mol. The first kappa shape index (κ1) is 14.5. The molecule has 1 fully saturated rings. The van der Waals surface area contributed by atoms with Crippen LogP contribution in [0.3, 0.4) is 0 Å². The van der Waals surface area contributed by atoms with E-state index in [-0.39, 0.29) is 17.8 Å². The van der Waals surface area contributed by atoms with Gasteiger partial charge in [0.15, 0.2) is 0 Å². The molecule has 1 saturated carbocycles. The molecule has 0 heterocycles. The number of benzene rings is 1. The van der Waals surface area contributed by atoms with Crippen LogP contribution >= 0.6 is 15.9 Å². The van der Waals surface area contributed by atoms with Crippen molar-refractivity contribution in [3.63, 3.8) is 0 Å². The maximum Gasteiger partial charge on any atom is 0.251 e. The van der Waals surface area contributed by atoms with Gasteiger partial charge in [-0.3, -0.25) is 4.79 Å². The number of carbonyl (C=O) groups is 1. The van der Waals surface area contributed by atoms with Crippen LogP contribution in [0.4, 0.5) is 4.39 Å². The summed E-state index contributed by atoms with van der Waals surface area (Å²) in [6.45, 7) is 4.44. The molecule has 0 bridgehead atoms. The highest BCUT2D eigenvalue weighted by Gasteiger charge is 2.26. The highest BCUT2D eigenvalue weighted by atomic mass is 79.9. The van der Waals surface area contributed by atoms with Crippen molar-refractivity contribution < 1.29 is 9.18 Å². The van der Waals surface area contributed by atoms with Gasteiger partial charge in [0.1, 0.15) is 5.82 Å². The van der Waals surface area contributed by atoms with E-state index in [1.165, 1.54) is 18.2 Å². The van der Waals surface area contributed by atoms with Gasteiger partial charge in [0.2, 0.25) is 0 Å². The van der Waals surface area contributed by atoms with Gasteiger partial charge in [-0.25, -0.2) is 4.39 Å². The fraction of sp³-hybridized carbons (Fsp3) is 0.533. The van der Waals surface area contributed by atoms with Gasteiger partial charge in [0.05, 0.1) is 4.47 Å². The predicted octanol–water partition coefficient (Wildman–Crippen LogP) is 4.14. The summed E-state index contributed by atoms with van der Waals surface area (Å²) < 4.78 is 13.5. The average Bonchev–Trinajstić information content (AvgIpc) is 2.36. The van der Waals surface area contributed by atoms with Crippen molar-refractivity contribution in [3.05, 3.63) is 34.1 Å². The SMILES string of the molecule is CC1CCC(NC(=O)c2ccc(F)c(Br)c2)C(C)C1. The maximum atomic E-state index is 13.1. The number of hydrogen-bond acceptors (Lipinski definition) is 1. The number of amides is 1. The smallest absolute Gasteiger partial charge is 0.251 e. The Morgan fingerprint density at radius 1 is 1.37 bits per heavy atom. The molecule has 1 aromatic carbocycles. The van der Waals surface area contributed by atoms with Crippen LogP contribution in [0.25, 0.3) is 0 Å². The first-order valence-electron chi connectivity index (χ1n) is 6.73. The van der Waals surface area contributed by atoms with Gasteiger partial charge < -0.3 is 5.32 Å². The molecule has 1 aromatic rings. The van der Waals surface area contributed by atoms with Gasteiger partial charge in [-0.15, -0.1) is 0 Å². The van der Waals surface area contributed by atoms with E-state index in [9.17, 15) is 9.18 Å². The van der Waals surface area contributed by atoms with Crippen molar-refractivity contribution in [1.29, 1.82) is 0 Å². The zero-order valence-electron chi connectivity index (χ0n) is 11.2. The van der Waals surface area contributed by atoms with E-state index in [2.05, 4.69) is 35.1 Å². The van der Waals surface area contributed by atoms with Gasteiger partial charge >= 0.3 is 0 Å². The molecule has 1 N–H and O–H groups in total. The van der Waals surface area contributed by atoms with E-state index in [1.54, 1.807) is 0 Å². The lowest BCUT2D eigenvalue weighted by Crippen LogP contribution is -2.42. The average molecular weight is 328 g/mol. The first-order chi connectivity index (χ1) is 8.97. The zero-order chi connectivity index (χ0) is 14.0. The number of hydrogen-bond donors (Lipinski definition) is 1. The Hall–Kier alpha value is -0.900. The van der Waals surface area contributed by atoms with Crippen LogP contribution in [0, 0.1) is 17.7 Å². The highest BCUT2D eigenvalue weighted by molar-refractivity contribution is 9.10. The lowest BCUT2D eigenvalue weighted by atomic mass is 9.80. The maximum absolute atomic E-state index is 13.1. The zero-order valence-corrected chi connectivity index (χ0v) is 12.8. The van der Waals surface area contributed by atoms with Crippen molar-refractivity contribution >= 4 is 21.8 Å². The van der Waals surface area contributed by atoms with Crippen molar-refractivity contribution in [3.8, 4) is 0 Å². The third kappa shape index (κ3) is 3.56. The fourth-order valence-electron chi connectivity index (χ4n) is 2.77. The Morgan fingerprint density at radius 3 is 2.74 bits per heavy atom. The van der Waals surface area contributed by atoms with Crippen molar-refractivity contribution in [2.24, 2.45) is 11.8 Å². The highest BCUT2D eigenvalue weighted by Crippen LogP contribution is 2.28. The van der Waals surface area contributed by atoms with Crippen LogP contribution in [-0.2, 0) is 0 Å². The van der Waals surface area contributed by atoms with E-state index in [0.29, 0.717) is 16.0 Å². The van der Waals surface area contributed by atoms with Crippen LogP contribution in [0.15, 0.2) is 22.7 Å². The lowest BCUT2D eigenvalue weighted by Gasteiger charge is -2.33. The minimum atomic E-state index is -0.351. The molecule has 104 valence electrons. The summed E-state index contributed by atoms with van der Waals surface area (Å²) in [7, 11) is 0. The molecule has 3 atom stereocenters. The second-order valence-corrected chi connectivity index (χ2v) is 6.46. The van der Waals surface area contributed by atoms with E-state index in [4.69, 9.17) is 0 Å². The summed E-state index contributed by atoms with van der Waals surface area (Å²) in [5.74, 6) is 0.767. The van der Waals surface area contributed by atoms with Gasteiger partial charge in [-0.2, -0.15) is 0 Å². The number of carbonyl (C=O) groups excluding carboxylic acids is 1. The second kappa shape index (κ2) is 6.04. The minimum absolute atomic E-state index is 0.118. The van der Waals surface area contributed by atoms with E-state index >= 15 is 0 Å². The van der Waals surface area contributed by atoms with Gasteiger partial charge in [0, 0.05) is 11.6 Å². The van der Waals surface area contributed by atoms with Crippen LogP contribution in [0.1, 0.15) is 43.5 Å². The molecule has 3 unspecified atom stereocenters. The summed E-state index contributed by atoms with van der Waals surface area (Å²) in [6, 6.07) is 4.59. The third-order valence-corrected chi connectivity index (χ3v) is 4.54. The Balaban J connectivity index is 2.02. The molecule has 19 heavy (non-hydrogen) atoms. The number of nitrogens with one attached hydrogen (secondary N) is 1. The largest absolute Gasteiger partial charge is 0.349 e. The quantitative estimate of drug-likeness (QED) is 0.868. The number of rotatable bonds is 2. The third-order valence-electron chi connectivity index (χ3n) is 3.93. The molecule has 2 rings (SSSR count). The van der Waals surface area contributed by atoms with E-state index < -0.39 is 0 Å². The van der Waals surface area contributed by atoms with Crippen LogP contribution in [-0.4, -0.2) is 11.9 Å². The summed E-state index contributed by atoms with van der Waals surface area (Å²) in [5, 5.41) is 3.07.